The van der Waals surface area contributed by atoms with E-state index in [1.807, 2.05) is 0 Å². The minimum Gasteiger partial charge on any atom is -0.478 e. The molecular weight excluding hydrogens is 272 g/mol. The van der Waals surface area contributed by atoms with Gasteiger partial charge in [-0.25, -0.2) is 9.59 Å². The van der Waals surface area contributed by atoms with Crippen molar-refractivity contribution in [2.45, 2.75) is 25.4 Å². The van der Waals surface area contributed by atoms with Crippen molar-refractivity contribution in [3.05, 3.63) is 35.4 Å². The van der Waals surface area contributed by atoms with Crippen LogP contribution < -0.4 is 5.32 Å². The second-order valence-corrected chi connectivity index (χ2v) is 5.08. The molecule has 0 unspecified atom stereocenters. The molecule has 0 heterocycles. The van der Waals surface area contributed by atoms with Crippen molar-refractivity contribution in [1.82, 2.24) is 10.2 Å². The number of carbonyl (C=O) groups is 2. The van der Waals surface area contributed by atoms with Crippen molar-refractivity contribution < 1.29 is 19.4 Å². The summed E-state index contributed by atoms with van der Waals surface area (Å²) in [6.07, 6.45) is 2.07. The van der Waals surface area contributed by atoms with E-state index >= 15 is 0 Å². The number of carboxylic acids is 1. The summed E-state index contributed by atoms with van der Waals surface area (Å²) in [7, 11) is 1.61. The second-order valence-electron chi connectivity index (χ2n) is 5.08. The summed E-state index contributed by atoms with van der Waals surface area (Å²) < 4.78 is 5.02. The number of methoxy groups -OCH3 is 1. The van der Waals surface area contributed by atoms with E-state index < -0.39 is 5.97 Å². The number of aromatic carboxylic acids is 1. The number of hydrogen-bond acceptors (Lipinski definition) is 3. The first kappa shape index (κ1) is 15.3. The molecule has 0 bridgehead atoms. The third kappa shape index (κ3) is 4.46. The highest BCUT2D eigenvalue weighted by Crippen LogP contribution is 2.26. The molecule has 1 aliphatic carbocycles. The lowest BCUT2D eigenvalue weighted by atomic mass is 10.1. The second kappa shape index (κ2) is 7.08. The number of urea groups is 1. The highest BCUT2D eigenvalue weighted by atomic mass is 16.5. The summed E-state index contributed by atoms with van der Waals surface area (Å²) in [5.74, 6) is -0.970. The SMILES string of the molecule is COCCN(C(=O)NCc1cccc(C(=O)O)c1)C1CC1. The van der Waals surface area contributed by atoms with Crippen LogP contribution in [0.5, 0.6) is 0 Å². The van der Waals surface area contributed by atoms with Crippen LogP contribution in [0.25, 0.3) is 0 Å². The molecule has 21 heavy (non-hydrogen) atoms. The minimum absolute atomic E-state index is 0.129. The van der Waals surface area contributed by atoms with E-state index in [4.69, 9.17) is 9.84 Å². The zero-order chi connectivity index (χ0) is 15.2. The number of rotatable bonds is 7. The maximum atomic E-state index is 12.2. The number of ether oxygens (including phenoxy) is 1. The molecule has 6 heteroatoms. The predicted molar refractivity (Wildman–Crippen MR) is 77.2 cm³/mol. The molecule has 2 rings (SSSR count). The Hall–Kier alpha value is -2.08. The van der Waals surface area contributed by atoms with Crippen LogP contribution in [0.3, 0.4) is 0 Å². The lowest BCUT2D eigenvalue weighted by Gasteiger charge is -2.22. The summed E-state index contributed by atoms with van der Waals surface area (Å²) in [6.45, 7) is 1.40. The third-order valence-electron chi connectivity index (χ3n) is 3.40. The number of nitrogens with zero attached hydrogens (tertiary/aromatic N) is 1. The molecule has 0 spiro atoms. The van der Waals surface area contributed by atoms with Gasteiger partial charge in [-0.2, -0.15) is 0 Å². The Bertz CT molecular complexity index is 514. The van der Waals surface area contributed by atoms with Crippen molar-refractivity contribution >= 4 is 12.0 Å². The van der Waals surface area contributed by atoms with Gasteiger partial charge in [0.15, 0.2) is 0 Å². The average Bonchev–Trinajstić information content (AvgIpc) is 3.30. The maximum Gasteiger partial charge on any atom is 0.335 e. The fraction of sp³-hybridized carbons (Fsp3) is 0.467. The Morgan fingerprint density at radius 2 is 2.19 bits per heavy atom. The lowest BCUT2D eigenvalue weighted by molar-refractivity contribution is 0.0696. The quantitative estimate of drug-likeness (QED) is 0.802. The molecule has 0 aromatic heterocycles. The molecule has 1 aliphatic rings. The molecule has 1 aromatic carbocycles. The van der Waals surface area contributed by atoms with Crippen molar-refractivity contribution in [2.24, 2.45) is 0 Å². The molecule has 6 nitrogen and oxygen atoms in total. The van der Waals surface area contributed by atoms with E-state index in [-0.39, 0.29) is 11.6 Å². The van der Waals surface area contributed by atoms with E-state index in [0.29, 0.717) is 25.7 Å². The van der Waals surface area contributed by atoms with Crippen LogP contribution in [0.4, 0.5) is 4.79 Å². The third-order valence-corrected chi connectivity index (χ3v) is 3.40. The van der Waals surface area contributed by atoms with Gasteiger partial charge in [-0.05, 0) is 30.5 Å². The average molecular weight is 292 g/mol. The van der Waals surface area contributed by atoms with Gasteiger partial charge in [0.2, 0.25) is 0 Å². The molecule has 1 aromatic rings. The molecule has 2 N–H and O–H groups in total. The maximum absolute atomic E-state index is 12.2. The van der Waals surface area contributed by atoms with E-state index in [2.05, 4.69) is 5.32 Å². The minimum atomic E-state index is -0.970. The van der Waals surface area contributed by atoms with Gasteiger partial charge in [0.25, 0.3) is 0 Å². The summed E-state index contributed by atoms with van der Waals surface area (Å²) in [4.78, 5) is 24.9. The number of hydrogen-bond donors (Lipinski definition) is 2. The summed E-state index contributed by atoms with van der Waals surface area (Å²) >= 11 is 0. The standard InChI is InChI=1S/C15H20N2O4/c1-21-8-7-17(13-5-6-13)15(20)16-10-11-3-2-4-12(9-11)14(18)19/h2-4,9,13H,5-8,10H2,1H3,(H,16,20)(H,18,19). The zero-order valence-corrected chi connectivity index (χ0v) is 12.0. The van der Waals surface area contributed by atoms with Gasteiger partial charge in [0, 0.05) is 26.2 Å². The largest absolute Gasteiger partial charge is 0.478 e. The fourth-order valence-electron chi connectivity index (χ4n) is 2.12. The number of carboxylic acid groups (broad SMARTS) is 1. The van der Waals surface area contributed by atoms with Crippen LogP contribution in [0.1, 0.15) is 28.8 Å². The normalized spacial score (nSPS) is 13.8. The first-order chi connectivity index (χ1) is 10.1. The van der Waals surface area contributed by atoms with Gasteiger partial charge < -0.3 is 20.1 Å². The Morgan fingerprint density at radius 1 is 1.43 bits per heavy atom. The number of carbonyl (C=O) groups excluding carboxylic acids is 1. The Kier molecular flexibility index (Phi) is 5.16. The fourth-order valence-corrected chi connectivity index (χ4v) is 2.12. The monoisotopic (exact) mass is 292 g/mol. The first-order valence-corrected chi connectivity index (χ1v) is 6.97. The molecule has 0 aliphatic heterocycles. The van der Waals surface area contributed by atoms with Crippen LogP contribution >= 0.6 is 0 Å². The molecule has 114 valence electrons. The number of benzene rings is 1. The topological polar surface area (TPSA) is 78.9 Å². The Labute approximate surface area is 123 Å². The van der Waals surface area contributed by atoms with Gasteiger partial charge in [-0.15, -0.1) is 0 Å². The molecule has 0 radical (unpaired) electrons. The van der Waals surface area contributed by atoms with Crippen molar-refractivity contribution in [1.29, 1.82) is 0 Å². The van der Waals surface area contributed by atoms with Crippen LogP contribution in [0.2, 0.25) is 0 Å². The van der Waals surface area contributed by atoms with Gasteiger partial charge in [-0.3, -0.25) is 0 Å². The number of amides is 2. The van der Waals surface area contributed by atoms with E-state index in [9.17, 15) is 9.59 Å². The van der Waals surface area contributed by atoms with Gasteiger partial charge >= 0.3 is 12.0 Å². The van der Waals surface area contributed by atoms with Crippen molar-refractivity contribution in [2.75, 3.05) is 20.3 Å². The van der Waals surface area contributed by atoms with Crippen LogP contribution in [0, 0.1) is 0 Å². The van der Waals surface area contributed by atoms with E-state index in [1.54, 1.807) is 30.2 Å². The highest BCUT2D eigenvalue weighted by Gasteiger charge is 2.32. The Balaban J connectivity index is 1.90. The number of nitrogens with one attached hydrogen (secondary N) is 1. The zero-order valence-electron chi connectivity index (χ0n) is 12.0. The summed E-state index contributed by atoms with van der Waals surface area (Å²) in [5, 5.41) is 11.8. The molecule has 1 fully saturated rings. The summed E-state index contributed by atoms with van der Waals surface area (Å²) in [6, 6.07) is 6.75. The Morgan fingerprint density at radius 3 is 2.81 bits per heavy atom. The van der Waals surface area contributed by atoms with Crippen molar-refractivity contribution in [3.8, 4) is 0 Å². The molecule has 0 atom stereocenters. The van der Waals surface area contributed by atoms with Gasteiger partial charge in [0.05, 0.1) is 12.2 Å². The molecular formula is C15H20N2O4. The smallest absolute Gasteiger partial charge is 0.335 e. The first-order valence-electron chi connectivity index (χ1n) is 6.97. The van der Waals surface area contributed by atoms with E-state index in [1.165, 1.54) is 6.07 Å². The predicted octanol–water partition coefficient (Wildman–Crippen LogP) is 1.71. The van der Waals surface area contributed by atoms with Gasteiger partial charge in [-0.1, -0.05) is 12.1 Å². The summed E-state index contributed by atoms with van der Waals surface area (Å²) in [5.41, 5.74) is 0.992. The molecule has 0 saturated heterocycles. The molecule has 1 saturated carbocycles. The van der Waals surface area contributed by atoms with Crippen molar-refractivity contribution in [3.63, 3.8) is 0 Å². The molecule has 2 amide bonds. The lowest BCUT2D eigenvalue weighted by Crippen LogP contribution is -2.42. The van der Waals surface area contributed by atoms with Gasteiger partial charge in [0.1, 0.15) is 0 Å². The van der Waals surface area contributed by atoms with Crippen LogP contribution in [0.15, 0.2) is 24.3 Å². The van der Waals surface area contributed by atoms with Crippen LogP contribution in [-0.2, 0) is 11.3 Å². The highest BCUT2D eigenvalue weighted by molar-refractivity contribution is 5.87. The van der Waals surface area contributed by atoms with Crippen LogP contribution in [-0.4, -0.2) is 48.3 Å². The van der Waals surface area contributed by atoms with E-state index in [0.717, 1.165) is 18.4 Å².